The third-order valence-corrected chi connectivity index (χ3v) is 9.95. The maximum atomic E-state index is 11.4. The summed E-state index contributed by atoms with van der Waals surface area (Å²) in [6, 6.07) is 21.8. The molecule has 4 aromatic carbocycles. The number of benzene rings is 4. The molecule has 24 heteroatoms. The van der Waals surface area contributed by atoms with Gasteiger partial charge in [0.05, 0.1) is 32.8 Å². The molecule has 2 aromatic heterocycles. The van der Waals surface area contributed by atoms with E-state index in [2.05, 4.69) is 30.7 Å². The van der Waals surface area contributed by atoms with Crippen molar-refractivity contribution in [3.05, 3.63) is 106 Å². The molecule has 286 valence electrons. The first-order valence-corrected chi connectivity index (χ1v) is 18.8. The number of halogens is 2. The maximum absolute atomic E-state index is 11.4. The molecule has 0 bridgehead atoms. The number of aromatic hydroxyl groups is 4. The Morgan fingerprint density at radius 1 is 0.589 bits per heavy atom. The van der Waals surface area contributed by atoms with Gasteiger partial charge in [-0.3, -0.25) is 0 Å². The monoisotopic (exact) mass is 889 g/mol. The van der Waals surface area contributed by atoms with Gasteiger partial charge < -0.3 is 20.4 Å². The predicted molar refractivity (Wildman–Crippen MR) is 197 cm³/mol. The predicted octanol–water partition coefficient (Wildman–Crippen LogP) is 3.62. The Bertz CT molecular complexity index is 2480. The number of phenols is 2. The van der Waals surface area contributed by atoms with Crippen LogP contribution in [0.4, 0.5) is 22.7 Å². The second-order valence-corrected chi connectivity index (χ2v) is 14.9. The Hall–Kier alpha value is -4.37. The Balaban J connectivity index is 0.000000290. The molecule has 8 N–H and O–H groups in total. The molecule has 6 aromatic rings. The van der Waals surface area contributed by atoms with E-state index >= 15 is 0 Å². The Labute approximate surface area is 362 Å². The van der Waals surface area contributed by atoms with Crippen LogP contribution in [0.3, 0.4) is 0 Å². The van der Waals surface area contributed by atoms with Crippen molar-refractivity contribution in [3.63, 3.8) is 0 Å². The van der Waals surface area contributed by atoms with Crippen molar-refractivity contribution in [2.24, 2.45) is 30.7 Å². The van der Waals surface area contributed by atoms with Crippen molar-refractivity contribution in [3.8, 4) is 34.6 Å². The molecule has 2 heterocycles. The number of hydrogen-bond acceptors (Lipinski definition) is 14. The molecule has 18 nitrogen and oxygen atoms in total. The topological polar surface area (TPSA) is 286 Å². The van der Waals surface area contributed by atoms with E-state index in [-0.39, 0.29) is 91.5 Å². The van der Waals surface area contributed by atoms with E-state index in [0.29, 0.717) is 22.8 Å². The summed E-state index contributed by atoms with van der Waals surface area (Å²) in [4.78, 5) is -0.868. The fourth-order valence-electron chi connectivity index (χ4n) is 4.61. The number of aryl methyl sites for hydroxylation is 2. The Morgan fingerprint density at radius 2 is 0.911 bits per heavy atom. The van der Waals surface area contributed by atoms with Gasteiger partial charge in [-0.2, -0.15) is 19.6 Å². The van der Waals surface area contributed by atoms with Crippen molar-refractivity contribution in [2.45, 2.75) is 23.6 Å². The summed E-state index contributed by atoms with van der Waals surface area (Å²) in [7, 11) is -8.20. The van der Waals surface area contributed by atoms with E-state index in [1.807, 2.05) is 12.1 Å². The van der Waals surface area contributed by atoms with Gasteiger partial charge in [0, 0.05) is 29.5 Å². The van der Waals surface area contributed by atoms with Crippen molar-refractivity contribution >= 4 is 66.0 Å². The molecule has 0 unspecified atom stereocenters. The molecule has 0 aliphatic heterocycles. The summed E-state index contributed by atoms with van der Waals surface area (Å²) < 4.78 is 48.2. The van der Waals surface area contributed by atoms with Crippen LogP contribution in [0.25, 0.3) is 11.4 Å². The number of primary sulfonamides is 2. The summed E-state index contributed by atoms with van der Waals surface area (Å²) in [5.41, 5.74) is 2.02. The summed E-state index contributed by atoms with van der Waals surface area (Å²) in [5, 5.41) is 74.2. The van der Waals surface area contributed by atoms with Crippen LogP contribution in [0, 0.1) is 13.8 Å². The molecular weight excluding hydrogens is 862 g/mol. The van der Waals surface area contributed by atoms with E-state index in [1.54, 1.807) is 62.4 Å². The van der Waals surface area contributed by atoms with Crippen molar-refractivity contribution in [1.29, 1.82) is 0 Å². The zero-order chi connectivity index (χ0) is 39.5. The zero-order valence-corrected chi connectivity index (χ0v) is 35.6. The van der Waals surface area contributed by atoms with Crippen LogP contribution in [0.2, 0.25) is 10.0 Å². The maximum Gasteiger partial charge on any atom is 1.00 e. The van der Waals surface area contributed by atoms with Crippen LogP contribution >= 0.6 is 23.2 Å². The van der Waals surface area contributed by atoms with Crippen LogP contribution in [-0.4, -0.2) is 56.8 Å². The van der Waals surface area contributed by atoms with Crippen molar-refractivity contribution in [1.82, 2.24) is 19.6 Å². The van der Waals surface area contributed by atoms with Gasteiger partial charge in [-0.05, 0) is 50.2 Å². The van der Waals surface area contributed by atoms with E-state index in [9.17, 15) is 37.3 Å². The SMILES string of the molecule is Cc1nn(-c2ccccc2)c(O)c1N=Nc1cc(Cl)c(S(N)(=O)=O)cc1O.Cc1nn(-c2ccccc2)c(O)c1N=Nc1cc(Cl)c(S(N)(=O)=O)cc1O.[Cr].[Na+]. The van der Waals surface area contributed by atoms with Crippen molar-refractivity contribution in [2.75, 3.05) is 0 Å². The van der Waals surface area contributed by atoms with E-state index < -0.39 is 41.3 Å². The molecular formula is C32H28Cl2CrN10NaO8S2+. The van der Waals surface area contributed by atoms with Gasteiger partial charge in [-0.15, -0.1) is 20.5 Å². The molecule has 0 atom stereocenters. The number of nitrogens with two attached hydrogens (primary N) is 2. The first-order chi connectivity index (χ1) is 25.4. The molecule has 0 amide bonds. The minimum Gasteiger partial charge on any atom is -0.506 e. The molecule has 0 saturated heterocycles. The van der Waals surface area contributed by atoms with E-state index in [0.717, 1.165) is 24.3 Å². The van der Waals surface area contributed by atoms with Gasteiger partial charge in [0.2, 0.25) is 31.8 Å². The van der Waals surface area contributed by atoms with Crippen LogP contribution in [-0.2, 0) is 37.4 Å². The number of phenolic OH excluding ortho intramolecular Hbond substituents is 2. The number of aromatic nitrogens is 4. The van der Waals surface area contributed by atoms with Crippen LogP contribution in [0.15, 0.2) is 115 Å². The summed E-state index contributed by atoms with van der Waals surface area (Å²) >= 11 is 11.8. The van der Waals surface area contributed by atoms with Crippen LogP contribution in [0.5, 0.6) is 23.3 Å². The third-order valence-electron chi connectivity index (χ3n) is 7.20. The molecule has 0 saturated carbocycles. The molecule has 56 heavy (non-hydrogen) atoms. The fourth-order valence-corrected chi connectivity index (χ4v) is 6.79. The average Bonchev–Trinajstić information content (AvgIpc) is 3.57. The Morgan fingerprint density at radius 3 is 1.21 bits per heavy atom. The van der Waals surface area contributed by atoms with Gasteiger partial charge >= 0.3 is 29.6 Å². The molecule has 0 aliphatic rings. The standard InChI is InChI=1S/2C16H14ClN5O4S.Cr.Na/c2*1-9-15(16(24)22(21-9)10-5-3-2-4-6-10)20-19-12-7-11(17)14(8-13(12)23)27(18,25)26;;/h2*2-8,23-24H,1H3,(H2,18,25,26);;/q;;;+1. The minimum atomic E-state index is -4.10. The van der Waals surface area contributed by atoms with Crippen LogP contribution < -0.4 is 39.8 Å². The van der Waals surface area contributed by atoms with E-state index in [4.69, 9.17) is 33.5 Å². The molecule has 0 fully saturated rings. The van der Waals surface area contributed by atoms with E-state index in [1.165, 1.54) is 9.36 Å². The average molecular weight is 891 g/mol. The number of hydrogen-bond donors (Lipinski definition) is 6. The number of nitrogens with zero attached hydrogens (tertiary/aromatic N) is 8. The summed E-state index contributed by atoms with van der Waals surface area (Å²) in [5.74, 6) is -1.46. The zero-order valence-electron chi connectivity index (χ0n) is 29.2. The summed E-state index contributed by atoms with van der Waals surface area (Å²) in [6.45, 7) is 3.26. The first-order valence-electron chi connectivity index (χ1n) is 15.0. The molecule has 0 aliphatic carbocycles. The molecule has 6 rings (SSSR count). The van der Waals surface area contributed by atoms with Gasteiger partial charge in [-0.1, -0.05) is 59.6 Å². The first kappa shape index (κ1) is 46.0. The van der Waals surface area contributed by atoms with Crippen LogP contribution in [0.1, 0.15) is 11.4 Å². The van der Waals surface area contributed by atoms with Gasteiger partial charge in [-0.25, -0.2) is 27.1 Å². The number of para-hydroxylation sites is 2. The second-order valence-electron chi connectivity index (χ2n) is 11.0. The number of azo groups is 2. The van der Waals surface area contributed by atoms with Crippen molar-refractivity contribution < 1.29 is 84.2 Å². The minimum absolute atomic E-state index is 0. The normalized spacial score (nSPS) is 11.5. The largest absolute Gasteiger partial charge is 1.00 e. The Kier molecular flexibility index (Phi) is 15.4. The fraction of sp³-hybridized carbons (Fsp3) is 0.0625. The van der Waals surface area contributed by atoms with Gasteiger partial charge in [0.1, 0.15) is 32.7 Å². The second kappa shape index (κ2) is 18.7. The number of rotatable bonds is 8. The third kappa shape index (κ3) is 10.5. The quantitative estimate of drug-likeness (QED) is 0.0953. The smallest absolute Gasteiger partial charge is 0.506 e. The van der Waals surface area contributed by atoms with Gasteiger partial charge in [0.15, 0.2) is 11.4 Å². The summed E-state index contributed by atoms with van der Waals surface area (Å²) in [6.07, 6.45) is 0. The van der Waals surface area contributed by atoms with Gasteiger partial charge in [0.25, 0.3) is 0 Å². The molecule has 0 radical (unpaired) electrons. The molecule has 0 spiro atoms. The number of sulfonamides is 2.